The highest BCUT2D eigenvalue weighted by Crippen LogP contribution is 2.32. The van der Waals surface area contributed by atoms with Gasteiger partial charge in [0, 0.05) is 5.92 Å². The maximum Gasteiger partial charge on any atom is 0.157 e. The summed E-state index contributed by atoms with van der Waals surface area (Å²) >= 11 is 0. The molecule has 0 amide bonds. The summed E-state index contributed by atoms with van der Waals surface area (Å²) in [6.07, 6.45) is -2.18. The second-order valence-electron chi connectivity index (χ2n) is 4.44. The van der Waals surface area contributed by atoms with E-state index in [0.29, 0.717) is 5.69 Å². The molecule has 102 valence electrons. The molecule has 0 aromatic carbocycles. The van der Waals surface area contributed by atoms with Gasteiger partial charge in [0.05, 0.1) is 25.5 Å². The van der Waals surface area contributed by atoms with Crippen LogP contribution in [0.5, 0.6) is 0 Å². The normalized spacial score (nSPS) is 36.8. The van der Waals surface area contributed by atoms with Crippen molar-refractivity contribution >= 4 is 0 Å². The summed E-state index contributed by atoms with van der Waals surface area (Å²) < 4.78 is 6.86. The molecular formula is C10H17N3O5. The molecule has 0 saturated carbocycles. The third-order valence-corrected chi connectivity index (χ3v) is 3.19. The fraction of sp³-hybridized carbons (Fsp3) is 0.800. The third kappa shape index (κ3) is 2.25. The number of aliphatic hydroxyl groups is 4. The molecule has 8 heteroatoms. The van der Waals surface area contributed by atoms with Crippen molar-refractivity contribution in [1.82, 2.24) is 15.0 Å². The van der Waals surface area contributed by atoms with Gasteiger partial charge in [-0.3, -0.25) is 0 Å². The van der Waals surface area contributed by atoms with Crippen molar-refractivity contribution in [2.24, 2.45) is 5.92 Å². The summed E-state index contributed by atoms with van der Waals surface area (Å²) in [7, 11) is 0. The van der Waals surface area contributed by atoms with Gasteiger partial charge in [-0.1, -0.05) is 12.1 Å². The van der Waals surface area contributed by atoms with Crippen LogP contribution in [0.3, 0.4) is 0 Å². The molecule has 0 radical (unpaired) electrons. The SMILES string of the molecule is CC1C(O)[C@H](O)C(CO)O[C@H]1n1cc(CO)nn1. The molecule has 3 unspecified atom stereocenters. The fourth-order valence-corrected chi connectivity index (χ4v) is 2.05. The van der Waals surface area contributed by atoms with Crippen LogP contribution in [0.2, 0.25) is 0 Å². The lowest BCUT2D eigenvalue weighted by Crippen LogP contribution is -2.53. The molecule has 1 aromatic rings. The Labute approximate surface area is 103 Å². The van der Waals surface area contributed by atoms with E-state index in [2.05, 4.69) is 10.3 Å². The molecule has 0 bridgehead atoms. The summed E-state index contributed by atoms with van der Waals surface area (Å²) in [6, 6.07) is 0. The predicted octanol–water partition coefficient (Wildman–Crippen LogP) is -1.98. The van der Waals surface area contributed by atoms with E-state index in [4.69, 9.17) is 14.9 Å². The van der Waals surface area contributed by atoms with Crippen LogP contribution in [0, 0.1) is 5.92 Å². The van der Waals surface area contributed by atoms with Gasteiger partial charge in [0.1, 0.15) is 17.9 Å². The van der Waals surface area contributed by atoms with E-state index in [1.54, 1.807) is 6.92 Å². The zero-order valence-corrected chi connectivity index (χ0v) is 9.92. The standard InChI is InChI=1S/C10H17N3O5/c1-5-8(16)9(17)7(4-15)18-10(5)13-2-6(3-14)11-12-13/h2,5,7-10,14-17H,3-4H2,1H3/t5?,7?,8?,9-,10-/m1/s1. The Bertz CT molecular complexity index is 397. The molecule has 2 heterocycles. The number of rotatable bonds is 3. The van der Waals surface area contributed by atoms with Gasteiger partial charge in [-0.2, -0.15) is 0 Å². The van der Waals surface area contributed by atoms with Crippen LogP contribution in [0.25, 0.3) is 0 Å². The largest absolute Gasteiger partial charge is 0.394 e. The van der Waals surface area contributed by atoms with Gasteiger partial charge < -0.3 is 25.2 Å². The maximum absolute atomic E-state index is 9.89. The number of hydrogen-bond donors (Lipinski definition) is 4. The average Bonchev–Trinajstić information content (AvgIpc) is 2.85. The van der Waals surface area contributed by atoms with Crippen LogP contribution in [-0.2, 0) is 11.3 Å². The molecule has 2 rings (SSSR count). The quantitative estimate of drug-likeness (QED) is 0.496. The summed E-state index contributed by atoms with van der Waals surface area (Å²) in [5.74, 6) is -0.420. The Morgan fingerprint density at radius 2 is 2.06 bits per heavy atom. The first kappa shape index (κ1) is 13.4. The van der Waals surface area contributed by atoms with Crippen LogP contribution in [-0.4, -0.2) is 60.3 Å². The highest BCUT2D eigenvalue weighted by molar-refractivity contribution is 4.93. The second kappa shape index (κ2) is 5.29. The third-order valence-electron chi connectivity index (χ3n) is 3.19. The maximum atomic E-state index is 9.89. The summed E-state index contributed by atoms with van der Waals surface area (Å²) in [4.78, 5) is 0. The minimum Gasteiger partial charge on any atom is -0.394 e. The molecule has 18 heavy (non-hydrogen) atoms. The Kier molecular flexibility index (Phi) is 3.93. The average molecular weight is 259 g/mol. The first-order valence-corrected chi connectivity index (χ1v) is 5.72. The molecule has 0 aliphatic carbocycles. The molecule has 0 spiro atoms. The van der Waals surface area contributed by atoms with Crippen LogP contribution < -0.4 is 0 Å². The second-order valence-corrected chi connectivity index (χ2v) is 4.44. The van der Waals surface area contributed by atoms with Crippen molar-refractivity contribution in [2.75, 3.05) is 6.61 Å². The van der Waals surface area contributed by atoms with E-state index in [-0.39, 0.29) is 6.61 Å². The van der Waals surface area contributed by atoms with Gasteiger partial charge in [-0.15, -0.1) is 5.10 Å². The Balaban J connectivity index is 2.21. The first-order valence-electron chi connectivity index (χ1n) is 5.72. The van der Waals surface area contributed by atoms with Gasteiger partial charge in [-0.25, -0.2) is 4.68 Å². The van der Waals surface area contributed by atoms with Crippen molar-refractivity contribution in [3.8, 4) is 0 Å². The van der Waals surface area contributed by atoms with Crippen molar-refractivity contribution in [3.63, 3.8) is 0 Å². The van der Waals surface area contributed by atoms with Crippen molar-refractivity contribution in [1.29, 1.82) is 0 Å². The molecule has 8 nitrogen and oxygen atoms in total. The minimum absolute atomic E-state index is 0.240. The van der Waals surface area contributed by atoms with E-state index >= 15 is 0 Å². The number of hydrogen-bond acceptors (Lipinski definition) is 7. The minimum atomic E-state index is -1.14. The van der Waals surface area contributed by atoms with Gasteiger partial charge in [0.15, 0.2) is 6.23 Å². The van der Waals surface area contributed by atoms with Crippen molar-refractivity contribution in [3.05, 3.63) is 11.9 Å². The van der Waals surface area contributed by atoms with Crippen LogP contribution >= 0.6 is 0 Å². The van der Waals surface area contributed by atoms with Crippen molar-refractivity contribution < 1.29 is 25.2 Å². The first-order chi connectivity index (χ1) is 8.58. The number of nitrogens with zero attached hydrogens (tertiary/aromatic N) is 3. The molecule has 1 aliphatic heterocycles. The van der Waals surface area contributed by atoms with E-state index in [1.165, 1.54) is 10.9 Å². The van der Waals surface area contributed by atoms with E-state index in [1.807, 2.05) is 0 Å². The van der Waals surface area contributed by atoms with Gasteiger partial charge in [0.25, 0.3) is 0 Å². The lowest BCUT2D eigenvalue weighted by molar-refractivity contribution is -0.231. The lowest BCUT2D eigenvalue weighted by atomic mass is 9.91. The summed E-state index contributed by atoms with van der Waals surface area (Å²) in [5, 5.41) is 45.1. The smallest absolute Gasteiger partial charge is 0.157 e. The van der Waals surface area contributed by atoms with Crippen LogP contribution in [0.15, 0.2) is 6.20 Å². The van der Waals surface area contributed by atoms with Crippen LogP contribution in [0.1, 0.15) is 18.8 Å². The number of ether oxygens (including phenoxy) is 1. The zero-order chi connectivity index (χ0) is 13.3. The summed E-state index contributed by atoms with van der Waals surface area (Å²) in [6.45, 7) is 1.06. The van der Waals surface area contributed by atoms with E-state index in [9.17, 15) is 10.2 Å². The topological polar surface area (TPSA) is 121 Å². The highest BCUT2D eigenvalue weighted by Gasteiger charge is 2.43. The van der Waals surface area contributed by atoms with Crippen LogP contribution in [0.4, 0.5) is 0 Å². The molecule has 1 aromatic heterocycles. The molecule has 4 N–H and O–H groups in total. The highest BCUT2D eigenvalue weighted by atomic mass is 16.5. The van der Waals surface area contributed by atoms with Gasteiger partial charge >= 0.3 is 0 Å². The Morgan fingerprint density at radius 3 is 2.61 bits per heavy atom. The monoisotopic (exact) mass is 259 g/mol. The Hall–Kier alpha value is -1.06. The summed E-state index contributed by atoms with van der Waals surface area (Å²) in [5.41, 5.74) is 0.381. The predicted molar refractivity (Wildman–Crippen MR) is 58.1 cm³/mol. The van der Waals surface area contributed by atoms with Gasteiger partial charge in [0.2, 0.25) is 0 Å². The Morgan fingerprint density at radius 1 is 1.33 bits per heavy atom. The molecule has 5 atom stereocenters. The molecule has 1 fully saturated rings. The fourth-order valence-electron chi connectivity index (χ4n) is 2.05. The zero-order valence-electron chi connectivity index (χ0n) is 9.92. The number of aliphatic hydroxyl groups excluding tert-OH is 4. The molecule has 1 aliphatic rings. The number of aromatic nitrogens is 3. The van der Waals surface area contributed by atoms with Crippen molar-refractivity contribution in [2.45, 2.75) is 38.1 Å². The van der Waals surface area contributed by atoms with Gasteiger partial charge in [-0.05, 0) is 0 Å². The van der Waals surface area contributed by atoms with E-state index < -0.39 is 37.1 Å². The molecule has 1 saturated heterocycles. The molecular weight excluding hydrogens is 242 g/mol. The van der Waals surface area contributed by atoms with E-state index in [0.717, 1.165) is 0 Å². The lowest BCUT2D eigenvalue weighted by Gasteiger charge is -2.40.